The lowest BCUT2D eigenvalue weighted by Gasteiger charge is -2.02. The van der Waals surface area contributed by atoms with Crippen molar-refractivity contribution >= 4 is 11.7 Å². The molecule has 0 heterocycles. The summed E-state index contributed by atoms with van der Waals surface area (Å²) < 4.78 is 17.9. The highest BCUT2D eigenvalue weighted by Gasteiger charge is 2.23. The van der Waals surface area contributed by atoms with E-state index in [0.717, 1.165) is 13.2 Å². The smallest absolute Gasteiger partial charge is 0.344 e. The first kappa shape index (κ1) is 14.1. The van der Waals surface area contributed by atoms with Crippen molar-refractivity contribution in [2.75, 3.05) is 7.11 Å². The molecule has 0 saturated heterocycles. The van der Waals surface area contributed by atoms with E-state index in [1.807, 2.05) is 0 Å². The molecule has 19 heavy (non-hydrogen) atoms. The molecule has 0 unspecified atom stereocenters. The predicted molar refractivity (Wildman–Crippen MR) is 61.5 cm³/mol. The van der Waals surface area contributed by atoms with E-state index in [0.29, 0.717) is 6.07 Å². The van der Waals surface area contributed by atoms with Gasteiger partial charge in [0.25, 0.3) is 5.69 Å². The van der Waals surface area contributed by atoms with Crippen molar-refractivity contribution in [1.29, 1.82) is 5.26 Å². The summed E-state index contributed by atoms with van der Waals surface area (Å²) in [4.78, 5) is 21.3. The van der Waals surface area contributed by atoms with Gasteiger partial charge in [-0.25, -0.2) is 9.18 Å². The first-order valence-corrected chi connectivity index (χ1v) is 4.93. The highest BCUT2D eigenvalue weighted by molar-refractivity contribution is 5.94. The van der Waals surface area contributed by atoms with Crippen molar-refractivity contribution in [1.82, 2.24) is 0 Å². The minimum absolute atomic E-state index is 0.133. The van der Waals surface area contributed by atoms with Crippen molar-refractivity contribution in [2.24, 2.45) is 0 Å². The molecule has 6 nitrogen and oxygen atoms in total. The molecule has 0 aliphatic heterocycles. The lowest BCUT2D eigenvalue weighted by molar-refractivity contribution is -0.385. The first-order valence-electron chi connectivity index (χ1n) is 4.93. The first-order chi connectivity index (χ1) is 9.01. The number of esters is 1. The second-order valence-corrected chi connectivity index (χ2v) is 3.23. The third kappa shape index (κ3) is 3.27. The largest absolute Gasteiger partial charge is 0.465 e. The number of nitrogens with zero attached hydrogens (tertiary/aromatic N) is 2. The number of nitro groups is 1. The van der Waals surface area contributed by atoms with Gasteiger partial charge in [-0.2, -0.15) is 5.26 Å². The molecule has 0 saturated carbocycles. The Hall–Kier alpha value is -2.93. The Labute approximate surface area is 107 Å². The summed E-state index contributed by atoms with van der Waals surface area (Å²) in [5.74, 6) is 2.72. The van der Waals surface area contributed by atoms with Gasteiger partial charge in [-0.15, -0.1) is 0 Å². The molecule has 0 radical (unpaired) electrons. The fourth-order valence-electron chi connectivity index (χ4n) is 1.26. The zero-order valence-electron chi connectivity index (χ0n) is 9.77. The lowest BCUT2D eigenvalue weighted by Crippen LogP contribution is -2.07. The number of nitro benzene ring substituents is 1. The van der Waals surface area contributed by atoms with Gasteiger partial charge in [0, 0.05) is 6.07 Å². The number of nitriles is 1. The highest BCUT2D eigenvalue weighted by atomic mass is 19.1. The molecule has 1 aromatic rings. The predicted octanol–water partition coefficient (Wildman–Crippen LogP) is 1.79. The lowest BCUT2D eigenvalue weighted by atomic mass is 10.1. The van der Waals surface area contributed by atoms with E-state index in [9.17, 15) is 19.3 Å². The van der Waals surface area contributed by atoms with Gasteiger partial charge in [-0.3, -0.25) is 10.1 Å². The maximum absolute atomic E-state index is 13.6. The Bertz CT molecular complexity index is 638. The van der Waals surface area contributed by atoms with Crippen LogP contribution in [0.3, 0.4) is 0 Å². The molecule has 0 atom stereocenters. The summed E-state index contributed by atoms with van der Waals surface area (Å²) in [6, 6.07) is 3.26. The monoisotopic (exact) mass is 262 g/mol. The third-order valence-electron chi connectivity index (χ3n) is 2.08. The minimum Gasteiger partial charge on any atom is -0.465 e. The van der Waals surface area contributed by atoms with Crippen molar-refractivity contribution in [3.63, 3.8) is 0 Å². The fraction of sp³-hybridized carbons (Fsp3) is 0.167. The van der Waals surface area contributed by atoms with Crippen molar-refractivity contribution in [2.45, 2.75) is 6.42 Å². The van der Waals surface area contributed by atoms with E-state index in [1.165, 1.54) is 0 Å². The van der Waals surface area contributed by atoms with Crippen LogP contribution in [-0.4, -0.2) is 18.0 Å². The number of rotatable bonds is 2. The topological polar surface area (TPSA) is 93.2 Å². The van der Waals surface area contributed by atoms with Crippen LogP contribution >= 0.6 is 0 Å². The summed E-state index contributed by atoms with van der Waals surface area (Å²) in [5, 5.41) is 19.1. The Balaban J connectivity index is 3.38. The zero-order valence-corrected chi connectivity index (χ0v) is 9.77. The summed E-state index contributed by atoms with van der Waals surface area (Å²) in [6.45, 7) is 0. The second kappa shape index (κ2) is 6.12. The van der Waals surface area contributed by atoms with Gasteiger partial charge >= 0.3 is 5.97 Å². The van der Waals surface area contributed by atoms with Crippen LogP contribution in [-0.2, 0) is 4.74 Å². The average molecular weight is 262 g/mol. The van der Waals surface area contributed by atoms with Crippen LogP contribution in [0.1, 0.15) is 22.3 Å². The van der Waals surface area contributed by atoms with Crippen LogP contribution in [0.15, 0.2) is 12.1 Å². The van der Waals surface area contributed by atoms with Gasteiger partial charge in [-0.1, -0.05) is 11.8 Å². The number of carbonyl (C=O) groups is 1. The van der Waals surface area contributed by atoms with Crippen LogP contribution < -0.4 is 0 Å². The van der Waals surface area contributed by atoms with Crippen LogP contribution in [0.5, 0.6) is 0 Å². The van der Waals surface area contributed by atoms with E-state index in [2.05, 4.69) is 16.6 Å². The number of hydrogen-bond donors (Lipinski definition) is 0. The molecular weight excluding hydrogens is 255 g/mol. The number of methoxy groups -OCH3 is 1. The Kier molecular flexibility index (Phi) is 4.56. The van der Waals surface area contributed by atoms with Gasteiger partial charge < -0.3 is 4.74 Å². The Morgan fingerprint density at radius 3 is 2.79 bits per heavy atom. The molecule has 1 aromatic carbocycles. The number of hydrogen-bond acceptors (Lipinski definition) is 5. The molecule has 0 fully saturated rings. The number of halogens is 1. The van der Waals surface area contributed by atoms with Crippen LogP contribution in [0.2, 0.25) is 0 Å². The van der Waals surface area contributed by atoms with Crippen LogP contribution in [0.25, 0.3) is 0 Å². The number of benzene rings is 1. The summed E-state index contributed by atoms with van der Waals surface area (Å²) in [7, 11) is 1.03. The van der Waals surface area contributed by atoms with E-state index in [4.69, 9.17) is 5.26 Å². The van der Waals surface area contributed by atoms with Crippen molar-refractivity contribution in [3.05, 3.63) is 39.2 Å². The summed E-state index contributed by atoms with van der Waals surface area (Å²) in [5.41, 5.74) is -1.35. The third-order valence-corrected chi connectivity index (χ3v) is 2.08. The molecule has 1 rings (SSSR count). The van der Waals surface area contributed by atoms with E-state index < -0.39 is 28.0 Å². The molecule has 0 N–H and O–H groups in total. The maximum Gasteiger partial charge on any atom is 0.344 e. The summed E-state index contributed by atoms with van der Waals surface area (Å²) in [6.07, 6.45) is -0.133. The molecule has 0 spiro atoms. The number of carbonyl (C=O) groups excluding carboxylic acids is 1. The SMILES string of the molecule is COC(=O)c1cc(F)c(C#CCC#N)cc1[N+](=O)[O-]. The number of ether oxygens (including phenoxy) is 1. The average Bonchev–Trinajstić information content (AvgIpc) is 2.39. The van der Waals surface area contributed by atoms with Gasteiger partial charge in [0.2, 0.25) is 0 Å². The maximum atomic E-state index is 13.6. The molecule has 7 heteroatoms. The normalized spacial score (nSPS) is 8.89. The molecule has 0 aliphatic rings. The van der Waals surface area contributed by atoms with Gasteiger partial charge in [0.1, 0.15) is 11.4 Å². The van der Waals surface area contributed by atoms with E-state index in [1.54, 1.807) is 6.07 Å². The van der Waals surface area contributed by atoms with E-state index in [-0.39, 0.29) is 12.0 Å². The highest BCUT2D eigenvalue weighted by Crippen LogP contribution is 2.23. The Morgan fingerprint density at radius 1 is 1.58 bits per heavy atom. The van der Waals surface area contributed by atoms with Gasteiger partial charge in [0.15, 0.2) is 0 Å². The quantitative estimate of drug-likeness (QED) is 0.350. The molecule has 0 bridgehead atoms. The molecule has 0 amide bonds. The molecule has 0 aromatic heterocycles. The standard InChI is InChI=1S/C12H7FN2O4/c1-19-12(16)9-7-10(13)8(4-2-3-5-14)6-11(9)15(17)18/h6-7H,3H2,1H3. The van der Waals surface area contributed by atoms with Crippen LogP contribution in [0.4, 0.5) is 10.1 Å². The fourth-order valence-corrected chi connectivity index (χ4v) is 1.26. The van der Waals surface area contributed by atoms with Crippen molar-refractivity contribution < 1.29 is 18.8 Å². The van der Waals surface area contributed by atoms with Crippen molar-refractivity contribution in [3.8, 4) is 17.9 Å². The second-order valence-electron chi connectivity index (χ2n) is 3.23. The molecule has 96 valence electrons. The molecular formula is C12H7FN2O4. The Morgan fingerprint density at radius 2 is 2.26 bits per heavy atom. The van der Waals surface area contributed by atoms with Gasteiger partial charge in [-0.05, 0) is 6.07 Å². The van der Waals surface area contributed by atoms with Crippen LogP contribution in [0, 0.1) is 39.1 Å². The van der Waals surface area contributed by atoms with Gasteiger partial charge in [0.05, 0.1) is 30.1 Å². The van der Waals surface area contributed by atoms with E-state index >= 15 is 0 Å². The molecule has 0 aliphatic carbocycles. The minimum atomic E-state index is -1.01. The summed E-state index contributed by atoms with van der Waals surface area (Å²) >= 11 is 0. The zero-order chi connectivity index (χ0) is 14.4.